The molecule has 0 atom stereocenters. The van der Waals surface area contributed by atoms with Crippen LogP contribution in [0.4, 0.5) is 0 Å². The number of hydrogen-bond acceptors (Lipinski definition) is 4. The molecule has 0 aromatic heterocycles. The predicted molar refractivity (Wildman–Crippen MR) is 35.2 cm³/mol. The van der Waals surface area contributed by atoms with Gasteiger partial charge in [0, 0.05) is 1.43 Å². The molecule has 0 radical (unpaired) electrons. The van der Waals surface area contributed by atoms with Crippen molar-refractivity contribution in [1.82, 2.24) is 5.32 Å². The third-order valence-corrected chi connectivity index (χ3v) is 1.44. The van der Waals surface area contributed by atoms with Gasteiger partial charge in [0.05, 0.1) is 25.4 Å². The largest absolute Gasteiger partial charge is 0.394 e. The van der Waals surface area contributed by atoms with Gasteiger partial charge in [0.25, 0.3) is 0 Å². The molecule has 0 saturated heterocycles. The first-order valence-electron chi connectivity index (χ1n) is 2.76. The molecule has 58 valence electrons. The molecule has 0 aromatic carbocycles. The first kappa shape index (κ1) is 8.84. The van der Waals surface area contributed by atoms with E-state index >= 15 is 0 Å². The second-order valence-electron chi connectivity index (χ2n) is 2.00. The fourth-order valence-electron chi connectivity index (χ4n) is 0.387. The van der Waals surface area contributed by atoms with Crippen LogP contribution in [0, 0.1) is 0 Å². The van der Waals surface area contributed by atoms with Gasteiger partial charge in [-0.1, -0.05) is 0 Å². The molecule has 0 aliphatic carbocycles. The smallest absolute Gasteiger partial charge is 0.0879 e. The summed E-state index contributed by atoms with van der Waals surface area (Å²) in [6.45, 7) is -0.802. The lowest BCUT2D eigenvalue weighted by Crippen LogP contribution is -2.52. The molecule has 0 rings (SSSR count). The summed E-state index contributed by atoms with van der Waals surface area (Å²) < 4.78 is 0. The number of hydrogen-bond donors (Lipinski definition) is 4. The molecule has 0 unspecified atom stereocenters. The summed E-state index contributed by atoms with van der Waals surface area (Å²) >= 11 is 0. The second-order valence-corrected chi connectivity index (χ2v) is 2.00. The van der Waals surface area contributed by atoms with Crippen LogP contribution in [0.2, 0.25) is 0 Å². The van der Waals surface area contributed by atoms with Crippen molar-refractivity contribution in [3.8, 4) is 0 Å². The molecular formula is C5H15NO3. The quantitative estimate of drug-likeness (QED) is 0.368. The first-order chi connectivity index (χ1) is 4.24. The summed E-state index contributed by atoms with van der Waals surface area (Å²) in [4.78, 5) is 0. The van der Waals surface area contributed by atoms with Crippen molar-refractivity contribution in [3.05, 3.63) is 0 Å². The molecule has 0 amide bonds. The van der Waals surface area contributed by atoms with Gasteiger partial charge in [-0.15, -0.1) is 0 Å². The number of likely N-dealkylation sites (N-methyl/N-ethyl adjacent to an activating group) is 1. The van der Waals surface area contributed by atoms with Crippen LogP contribution in [0.1, 0.15) is 1.43 Å². The van der Waals surface area contributed by atoms with Crippen LogP contribution >= 0.6 is 0 Å². The Hall–Kier alpha value is -0.160. The Morgan fingerprint density at radius 1 is 1.22 bits per heavy atom. The van der Waals surface area contributed by atoms with E-state index in [1.54, 1.807) is 7.05 Å². The molecule has 0 aliphatic rings. The maximum absolute atomic E-state index is 8.59. The average Bonchev–Trinajstić information content (AvgIpc) is 1.95. The van der Waals surface area contributed by atoms with Crippen LogP contribution in [-0.4, -0.2) is 47.7 Å². The highest BCUT2D eigenvalue weighted by Crippen LogP contribution is 1.98. The van der Waals surface area contributed by atoms with E-state index < -0.39 is 5.54 Å². The summed E-state index contributed by atoms with van der Waals surface area (Å²) in [5.74, 6) is 0. The second kappa shape index (κ2) is 3.79. The average molecular weight is 137 g/mol. The van der Waals surface area contributed by atoms with E-state index in [1.807, 2.05) is 0 Å². The summed E-state index contributed by atoms with van der Waals surface area (Å²) in [6.07, 6.45) is 0. The van der Waals surface area contributed by atoms with Gasteiger partial charge in [-0.25, -0.2) is 0 Å². The van der Waals surface area contributed by atoms with Gasteiger partial charge in [0.1, 0.15) is 0 Å². The van der Waals surface area contributed by atoms with E-state index in [4.69, 9.17) is 15.3 Å². The lowest BCUT2D eigenvalue weighted by Gasteiger charge is -2.26. The molecule has 4 heteroatoms. The van der Waals surface area contributed by atoms with Crippen LogP contribution in [0.5, 0.6) is 0 Å². The van der Waals surface area contributed by atoms with Crippen molar-refractivity contribution in [3.63, 3.8) is 0 Å². The molecule has 4 N–H and O–H groups in total. The van der Waals surface area contributed by atoms with Crippen LogP contribution in [0.3, 0.4) is 0 Å². The zero-order chi connectivity index (χ0) is 7.33. The van der Waals surface area contributed by atoms with Crippen LogP contribution in [0.25, 0.3) is 0 Å². The highest BCUT2D eigenvalue weighted by Gasteiger charge is 2.24. The van der Waals surface area contributed by atoms with E-state index in [-0.39, 0.29) is 21.2 Å². The molecule has 9 heavy (non-hydrogen) atoms. The molecule has 0 heterocycles. The highest BCUT2D eigenvalue weighted by atomic mass is 16.3. The van der Waals surface area contributed by atoms with Gasteiger partial charge in [0.15, 0.2) is 0 Å². The minimum absolute atomic E-state index is 0. The Labute approximate surface area is 55.6 Å². The lowest BCUT2D eigenvalue weighted by molar-refractivity contribution is 0.0481. The van der Waals surface area contributed by atoms with Crippen molar-refractivity contribution in [2.75, 3.05) is 26.9 Å². The van der Waals surface area contributed by atoms with E-state index in [0.29, 0.717) is 0 Å². The topological polar surface area (TPSA) is 72.7 Å². The Balaban J connectivity index is 0. The summed E-state index contributed by atoms with van der Waals surface area (Å²) in [6, 6.07) is 0. The van der Waals surface area contributed by atoms with Gasteiger partial charge < -0.3 is 20.6 Å². The van der Waals surface area contributed by atoms with E-state index in [2.05, 4.69) is 5.32 Å². The summed E-state index contributed by atoms with van der Waals surface area (Å²) in [5, 5.41) is 28.4. The normalized spacial score (nSPS) is 12.0. The molecule has 0 saturated carbocycles. The fourth-order valence-corrected chi connectivity index (χ4v) is 0.387. The van der Waals surface area contributed by atoms with E-state index in [0.717, 1.165) is 0 Å². The molecule has 0 aromatic rings. The monoisotopic (exact) mass is 137 g/mol. The standard InChI is InChI=1S/C5H13NO3.H2/c1-6-5(2-7,3-8)4-9;/h6-9H,2-4H2,1H3;1H. The third kappa shape index (κ3) is 1.91. The Morgan fingerprint density at radius 2 is 1.56 bits per heavy atom. The maximum Gasteiger partial charge on any atom is 0.0879 e. The van der Waals surface area contributed by atoms with Gasteiger partial charge in [0.2, 0.25) is 0 Å². The van der Waals surface area contributed by atoms with Crippen molar-refractivity contribution in [1.29, 1.82) is 0 Å². The van der Waals surface area contributed by atoms with Crippen molar-refractivity contribution in [2.24, 2.45) is 0 Å². The number of nitrogens with one attached hydrogen (secondary N) is 1. The molecule has 0 bridgehead atoms. The van der Waals surface area contributed by atoms with Crippen LogP contribution < -0.4 is 5.32 Å². The molecular weight excluding hydrogens is 122 g/mol. The zero-order valence-electron chi connectivity index (χ0n) is 5.46. The number of rotatable bonds is 4. The Morgan fingerprint density at radius 3 is 1.56 bits per heavy atom. The van der Waals surface area contributed by atoms with Gasteiger partial charge in [-0.2, -0.15) is 0 Å². The SMILES string of the molecule is CNC(CO)(CO)CO.[HH]. The third-order valence-electron chi connectivity index (χ3n) is 1.44. The zero-order valence-corrected chi connectivity index (χ0v) is 5.46. The van der Waals surface area contributed by atoms with E-state index in [1.165, 1.54) is 0 Å². The summed E-state index contributed by atoms with van der Waals surface area (Å²) in [5.41, 5.74) is -0.917. The maximum atomic E-state index is 8.59. The van der Waals surface area contributed by atoms with Crippen LogP contribution in [0.15, 0.2) is 0 Å². The number of aliphatic hydroxyl groups excluding tert-OH is 3. The van der Waals surface area contributed by atoms with Gasteiger partial charge >= 0.3 is 0 Å². The fraction of sp³-hybridized carbons (Fsp3) is 1.00. The summed E-state index contributed by atoms with van der Waals surface area (Å²) in [7, 11) is 1.57. The van der Waals surface area contributed by atoms with Gasteiger partial charge in [-0.3, -0.25) is 0 Å². The lowest BCUT2D eigenvalue weighted by atomic mass is 10.1. The minimum atomic E-state index is -0.917. The van der Waals surface area contributed by atoms with Crippen molar-refractivity contribution in [2.45, 2.75) is 5.54 Å². The van der Waals surface area contributed by atoms with Crippen LogP contribution in [-0.2, 0) is 0 Å². The molecule has 0 spiro atoms. The van der Waals surface area contributed by atoms with Crippen molar-refractivity contribution >= 4 is 0 Å². The van der Waals surface area contributed by atoms with E-state index in [9.17, 15) is 0 Å². The molecule has 4 nitrogen and oxygen atoms in total. The Bertz CT molecular complexity index is 59.8. The number of aliphatic hydroxyl groups is 3. The van der Waals surface area contributed by atoms with Crippen molar-refractivity contribution < 1.29 is 16.7 Å². The minimum Gasteiger partial charge on any atom is -0.394 e. The first-order valence-corrected chi connectivity index (χ1v) is 2.76. The molecule has 0 aliphatic heterocycles. The molecule has 0 fully saturated rings. The van der Waals surface area contributed by atoms with Gasteiger partial charge in [-0.05, 0) is 7.05 Å². The predicted octanol–water partition coefficient (Wildman–Crippen LogP) is -1.83. The highest BCUT2D eigenvalue weighted by molar-refractivity contribution is 4.83. The Kier molecular flexibility index (Phi) is 3.72.